The summed E-state index contributed by atoms with van der Waals surface area (Å²) in [6.45, 7) is 0.651. The summed E-state index contributed by atoms with van der Waals surface area (Å²) in [5.74, 6) is 0.963. The molecule has 7 nitrogen and oxygen atoms in total. The molecule has 1 amide bonds. The number of nitrogens with zero attached hydrogens (tertiary/aromatic N) is 5. The van der Waals surface area contributed by atoms with E-state index in [1.54, 1.807) is 12.4 Å². The van der Waals surface area contributed by atoms with Crippen LogP contribution in [0.25, 0.3) is 5.82 Å². The molecule has 0 aromatic carbocycles. The summed E-state index contributed by atoms with van der Waals surface area (Å²) in [4.78, 5) is 17.4. The van der Waals surface area contributed by atoms with Crippen molar-refractivity contribution < 1.29 is 4.79 Å². The highest BCUT2D eigenvalue weighted by Crippen LogP contribution is 2.48. The normalized spacial score (nSPS) is 20.1. The molecular weight excluding hydrogens is 340 g/mol. The van der Waals surface area contributed by atoms with Crippen molar-refractivity contribution in [2.75, 3.05) is 0 Å². The Balaban J connectivity index is 1.36. The van der Waals surface area contributed by atoms with Crippen LogP contribution in [0.3, 0.4) is 0 Å². The second kappa shape index (κ2) is 6.33. The number of hydrogen-bond donors (Lipinski definition) is 1. The fraction of sp³-hybridized carbons (Fsp3) is 0.400. The van der Waals surface area contributed by atoms with Crippen molar-refractivity contribution in [2.24, 2.45) is 5.41 Å². The van der Waals surface area contributed by atoms with Crippen molar-refractivity contribution in [3.8, 4) is 5.82 Å². The quantitative estimate of drug-likeness (QED) is 0.756. The van der Waals surface area contributed by atoms with E-state index in [1.807, 2.05) is 46.0 Å². The minimum absolute atomic E-state index is 0.0220. The molecule has 7 heteroatoms. The van der Waals surface area contributed by atoms with Gasteiger partial charge in [0.05, 0.1) is 29.9 Å². The van der Waals surface area contributed by atoms with Gasteiger partial charge in [0.25, 0.3) is 0 Å². The molecule has 138 valence electrons. The molecule has 0 saturated heterocycles. The van der Waals surface area contributed by atoms with Crippen LogP contribution in [0.5, 0.6) is 0 Å². The highest BCUT2D eigenvalue weighted by atomic mass is 16.2. The van der Waals surface area contributed by atoms with Gasteiger partial charge >= 0.3 is 0 Å². The molecule has 0 aliphatic heterocycles. The second-order valence-electron chi connectivity index (χ2n) is 7.55. The van der Waals surface area contributed by atoms with E-state index < -0.39 is 0 Å². The van der Waals surface area contributed by atoms with Gasteiger partial charge in [-0.2, -0.15) is 10.2 Å². The maximum atomic E-state index is 13.0. The van der Waals surface area contributed by atoms with Crippen LogP contribution in [0.4, 0.5) is 0 Å². The van der Waals surface area contributed by atoms with E-state index in [0.29, 0.717) is 6.54 Å². The van der Waals surface area contributed by atoms with Gasteiger partial charge in [0.1, 0.15) is 0 Å². The first-order valence-electron chi connectivity index (χ1n) is 9.52. The largest absolute Gasteiger partial charge is 0.349 e. The number of carbonyl (C=O) groups is 1. The van der Waals surface area contributed by atoms with Crippen molar-refractivity contribution in [1.29, 1.82) is 0 Å². The number of nitrogens with one attached hydrogen (secondary N) is 1. The van der Waals surface area contributed by atoms with Crippen LogP contribution in [0.2, 0.25) is 0 Å². The zero-order chi connectivity index (χ0) is 18.3. The standard InChI is InChI=1S/C20H22N6O/c27-19(20(8-9-20)14-25-12-4-11-22-25)24-16-5-3-6-17-15(16)13-23-26(17)18-7-1-2-10-21-18/h1-2,4,7,10-13,16H,3,5-6,8-9,14H2,(H,24,27)/t16-/m0/s1. The number of rotatable bonds is 5. The molecule has 0 spiro atoms. The topological polar surface area (TPSA) is 77.6 Å². The highest BCUT2D eigenvalue weighted by molar-refractivity contribution is 5.85. The maximum absolute atomic E-state index is 13.0. The zero-order valence-corrected chi connectivity index (χ0v) is 15.1. The van der Waals surface area contributed by atoms with Crippen molar-refractivity contribution in [1.82, 2.24) is 29.9 Å². The number of aromatic nitrogens is 5. The number of pyridine rings is 1. The molecule has 2 aliphatic rings. The molecule has 0 unspecified atom stereocenters. The third kappa shape index (κ3) is 2.93. The number of hydrogen-bond acceptors (Lipinski definition) is 4. The first-order valence-corrected chi connectivity index (χ1v) is 9.52. The summed E-state index contributed by atoms with van der Waals surface area (Å²) in [5.41, 5.74) is 1.97. The molecule has 3 aromatic rings. The average Bonchev–Trinajstić information content (AvgIpc) is 3.10. The monoisotopic (exact) mass is 362 g/mol. The Morgan fingerprint density at radius 1 is 1.22 bits per heavy atom. The van der Waals surface area contributed by atoms with E-state index >= 15 is 0 Å². The van der Waals surface area contributed by atoms with Gasteiger partial charge in [-0.1, -0.05) is 6.07 Å². The number of carbonyl (C=O) groups excluding carboxylic acids is 1. The predicted molar refractivity (Wildman–Crippen MR) is 99.1 cm³/mol. The first-order chi connectivity index (χ1) is 13.3. The minimum Gasteiger partial charge on any atom is -0.349 e. The van der Waals surface area contributed by atoms with Crippen LogP contribution in [-0.4, -0.2) is 30.5 Å². The summed E-state index contributed by atoms with van der Waals surface area (Å²) >= 11 is 0. The van der Waals surface area contributed by atoms with Gasteiger partial charge in [-0.25, -0.2) is 9.67 Å². The third-order valence-electron chi connectivity index (χ3n) is 5.71. The van der Waals surface area contributed by atoms with Crippen molar-refractivity contribution in [2.45, 2.75) is 44.7 Å². The zero-order valence-electron chi connectivity index (χ0n) is 15.1. The van der Waals surface area contributed by atoms with Gasteiger partial charge in [0.2, 0.25) is 5.91 Å². The van der Waals surface area contributed by atoms with E-state index in [2.05, 4.69) is 20.5 Å². The van der Waals surface area contributed by atoms with Gasteiger partial charge in [-0.3, -0.25) is 9.48 Å². The first kappa shape index (κ1) is 16.2. The molecule has 1 saturated carbocycles. The Kier molecular flexibility index (Phi) is 3.81. The highest BCUT2D eigenvalue weighted by Gasteiger charge is 2.51. The lowest BCUT2D eigenvalue weighted by molar-refractivity contribution is -0.127. The van der Waals surface area contributed by atoms with Gasteiger partial charge < -0.3 is 5.32 Å². The fourth-order valence-corrected chi connectivity index (χ4v) is 4.01. The molecule has 0 bridgehead atoms. The summed E-state index contributed by atoms with van der Waals surface area (Å²) in [6, 6.07) is 7.74. The molecule has 3 heterocycles. The van der Waals surface area contributed by atoms with E-state index in [0.717, 1.165) is 49.2 Å². The van der Waals surface area contributed by atoms with Crippen molar-refractivity contribution in [3.63, 3.8) is 0 Å². The summed E-state index contributed by atoms with van der Waals surface area (Å²) < 4.78 is 3.77. The van der Waals surface area contributed by atoms with Crippen LogP contribution in [0, 0.1) is 5.41 Å². The summed E-state index contributed by atoms with van der Waals surface area (Å²) in [5, 5.41) is 12.1. The van der Waals surface area contributed by atoms with Crippen molar-refractivity contribution in [3.05, 3.63) is 60.3 Å². The van der Waals surface area contributed by atoms with E-state index in [4.69, 9.17) is 0 Å². The second-order valence-corrected chi connectivity index (χ2v) is 7.55. The number of fused-ring (bicyclic) bond motifs is 1. The molecular formula is C20H22N6O. The van der Waals surface area contributed by atoms with Crippen LogP contribution in [0.1, 0.15) is 43.0 Å². The lowest BCUT2D eigenvalue weighted by atomic mass is 9.92. The summed E-state index contributed by atoms with van der Waals surface area (Å²) in [7, 11) is 0. The lowest BCUT2D eigenvalue weighted by Gasteiger charge is -2.26. The van der Waals surface area contributed by atoms with Crippen LogP contribution in [-0.2, 0) is 17.8 Å². The van der Waals surface area contributed by atoms with Crippen molar-refractivity contribution >= 4 is 5.91 Å². The Bertz CT molecular complexity index is 942. The van der Waals surface area contributed by atoms with E-state index in [1.165, 1.54) is 0 Å². The third-order valence-corrected chi connectivity index (χ3v) is 5.71. The Morgan fingerprint density at radius 2 is 2.15 bits per heavy atom. The van der Waals surface area contributed by atoms with Gasteiger partial charge in [0, 0.05) is 24.2 Å². The van der Waals surface area contributed by atoms with E-state index in [-0.39, 0.29) is 17.4 Å². The molecule has 27 heavy (non-hydrogen) atoms. The Labute approximate surface area is 157 Å². The Hall–Kier alpha value is -2.96. The van der Waals surface area contributed by atoms with Crippen LogP contribution in [0.15, 0.2) is 49.1 Å². The molecule has 1 fully saturated rings. The van der Waals surface area contributed by atoms with Gasteiger partial charge in [-0.15, -0.1) is 0 Å². The van der Waals surface area contributed by atoms with E-state index in [9.17, 15) is 4.79 Å². The minimum atomic E-state index is -0.305. The Morgan fingerprint density at radius 3 is 2.89 bits per heavy atom. The summed E-state index contributed by atoms with van der Waals surface area (Å²) in [6.07, 6.45) is 12.1. The average molecular weight is 362 g/mol. The van der Waals surface area contributed by atoms with Crippen LogP contribution < -0.4 is 5.32 Å². The predicted octanol–water partition coefficient (Wildman–Crippen LogP) is 2.44. The van der Waals surface area contributed by atoms with Gasteiger partial charge in [-0.05, 0) is 50.3 Å². The molecule has 0 radical (unpaired) electrons. The lowest BCUT2D eigenvalue weighted by Crippen LogP contribution is -2.38. The molecule has 1 N–H and O–H groups in total. The smallest absolute Gasteiger partial charge is 0.228 e. The molecule has 3 aromatic heterocycles. The van der Waals surface area contributed by atoms with Gasteiger partial charge in [0.15, 0.2) is 5.82 Å². The SMILES string of the molecule is O=C(N[C@H]1CCCc2c1cnn2-c1ccccn1)C1(Cn2cccn2)CC1. The molecule has 5 rings (SSSR count). The fourth-order valence-electron chi connectivity index (χ4n) is 4.01. The number of amides is 1. The molecule has 2 aliphatic carbocycles. The molecule has 1 atom stereocenters. The van der Waals surface area contributed by atoms with Crippen LogP contribution >= 0.6 is 0 Å². The maximum Gasteiger partial charge on any atom is 0.228 e.